The van der Waals surface area contributed by atoms with Crippen LogP contribution in [0.25, 0.3) is 0 Å². The van der Waals surface area contributed by atoms with E-state index in [9.17, 15) is 4.79 Å². The number of rotatable bonds is 36. The molecule has 0 heterocycles. The molecular formula is C39H76O3. The van der Waals surface area contributed by atoms with E-state index in [-0.39, 0.29) is 5.97 Å². The van der Waals surface area contributed by atoms with E-state index < -0.39 is 0 Å². The summed E-state index contributed by atoms with van der Waals surface area (Å²) < 4.78 is 5.45. The summed E-state index contributed by atoms with van der Waals surface area (Å²) in [5.41, 5.74) is 0. The fourth-order valence-electron chi connectivity index (χ4n) is 5.82. The smallest absolute Gasteiger partial charge is 0.305 e. The molecule has 0 aromatic rings. The Balaban J connectivity index is 3.17. The lowest BCUT2D eigenvalue weighted by molar-refractivity contribution is -0.143. The second-order valence-electron chi connectivity index (χ2n) is 13.0. The van der Waals surface area contributed by atoms with Gasteiger partial charge in [-0.1, -0.05) is 180 Å². The molecular weight excluding hydrogens is 516 g/mol. The van der Waals surface area contributed by atoms with Crippen LogP contribution in [0.1, 0.15) is 219 Å². The zero-order valence-corrected chi connectivity index (χ0v) is 28.7. The van der Waals surface area contributed by atoms with Crippen LogP contribution in [-0.2, 0) is 9.53 Å². The van der Waals surface area contributed by atoms with Gasteiger partial charge in [-0.15, -0.1) is 0 Å². The van der Waals surface area contributed by atoms with Crippen molar-refractivity contribution >= 4 is 5.97 Å². The Morgan fingerprint density at radius 3 is 1.19 bits per heavy atom. The van der Waals surface area contributed by atoms with E-state index in [1.165, 1.54) is 186 Å². The first-order valence-corrected chi connectivity index (χ1v) is 19.2. The minimum atomic E-state index is 0.0167. The minimum Gasteiger partial charge on any atom is -0.466 e. The summed E-state index contributed by atoms with van der Waals surface area (Å²) in [6.45, 7) is 3.25. The predicted molar refractivity (Wildman–Crippen MR) is 185 cm³/mol. The van der Waals surface area contributed by atoms with Gasteiger partial charge in [0, 0.05) is 13.0 Å². The Morgan fingerprint density at radius 1 is 0.452 bits per heavy atom. The van der Waals surface area contributed by atoms with Crippen LogP contribution >= 0.6 is 0 Å². The summed E-state index contributed by atoms with van der Waals surface area (Å²) in [5, 5.41) is 8.79. The Hall–Kier alpha value is -0.830. The molecule has 0 fully saturated rings. The monoisotopic (exact) mass is 593 g/mol. The fourth-order valence-corrected chi connectivity index (χ4v) is 5.82. The Kier molecular flexibility index (Phi) is 37.4. The Labute approximate surface area is 264 Å². The van der Waals surface area contributed by atoms with Gasteiger partial charge in [0.05, 0.1) is 6.61 Å². The Bertz CT molecular complexity index is 530. The summed E-state index contributed by atoms with van der Waals surface area (Å²) in [6, 6.07) is 0. The van der Waals surface area contributed by atoms with Gasteiger partial charge >= 0.3 is 5.97 Å². The summed E-state index contributed by atoms with van der Waals surface area (Å²) in [6.07, 6.45) is 47.2. The highest BCUT2D eigenvalue weighted by Crippen LogP contribution is 2.15. The third-order valence-electron chi connectivity index (χ3n) is 8.71. The van der Waals surface area contributed by atoms with Gasteiger partial charge < -0.3 is 9.84 Å². The van der Waals surface area contributed by atoms with Gasteiger partial charge in [0.2, 0.25) is 0 Å². The van der Waals surface area contributed by atoms with Crippen molar-refractivity contribution in [3.05, 3.63) is 12.2 Å². The number of hydrogen-bond acceptors (Lipinski definition) is 3. The number of aliphatic hydroxyl groups is 1. The quantitative estimate of drug-likeness (QED) is 0.0447. The molecule has 0 bridgehead atoms. The lowest BCUT2D eigenvalue weighted by Crippen LogP contribution is -2.05. The highest BCUT2D eigenvalue weighted by Gasteiger charge is 2.03. The van der Waals surface area contributed by atoms with Crippen LogP contribution in [-0.4, -0.2) is 24.3 Å². The summed E-state index contributed by atoms with van der Waals surface area (Å²) >= 11 is 0. The van der Waals surface area contributed by atoms with Crippen LogP contribution in [0, 0.1) is 0 Å². The number of aliphatic hydroxyl groups excluding tert-OH is 1. The normalized spacial score (nSPS) is 11.6. The molecule has 0 radical (unpaired) electrons. The van der Waals surface area contributed by atoms with Crippen LogP contribution in [0.2, 0.25) is 0 Å². The van der Waals surface area contributed by atoms with Gasteiger partial charge in [0.25, 0.3) is 0 Å². The van der Waals surface area contributed by atoms with Crippen LogP contribution in [0.3, 0.4) is 0 Å². The zero-order chi connectivity index (χ0) is 30.4. The summed E-state index contributed by atoms with van der Waals surface area (Å²) in [5.74, 6) is 0.0167. The number of carbonyl (C=O) groups excluding carboxylic acids is 1. The van der Waals surface area contributed by atoms with Crippen molar-refractivity contribution in [2.45, 2.75) is 219 Å². The number of ether oxygens (including phenoxy) is 1. The number of hydrogen-bond donors (Lipinski definition) is 1. The number of carbonyl (C=O) groups is 1. The second kappa shape index (κ2) is 38.2. The predicted octanol–water partition coefficient (Wildman–Crippen LogP) is 13.0. The topological polar surface area (TPSA) is 46.5 Å². The molecule has 0 aliphatic carbocycles. The van der Waals surface area contributed by atoms with Crippen LogP contribution in [0.4, 0.5) is 0 Å². The van der Waals surface area contributed by atoms with E-state index in [4.69, 9.17) is 9.84 Å². The molecule has 250 valence electrons. The second-order valence-corrected chi connectivity index (χ2v) is 13.0. The molecule has 0 spiro atoms. The van der Waals surface area contributed by atoms with Crippen molar-refractivity contribution in [2.24, 2.45) is 0 Å². The van der Waals surface area contributed by atoms with Gasteiger partial charge in [-0.05, 0) is 44.9 Å². The van der Waals surface area contributed by atoms with E-state index in [1.807, 2.05) is 0 Å². The standard InChI is InChI=1S/C39H76O3/c1-2-3-4-5-6-7-8-9-10-12-15-18-21-24-27-30-33-36-39(41)42-38-35-32-29-26-23-20-17-14-11-13-16-19-22-25-28-31-34-37-40/h7-8,40H,2-6,9-38H2,1H3. The summed E-state index contributed by atoms with van der Waals surface area (Å²) in [7, 11) is 0. The SMILES string of the molecule is CCCCCCC=CCCCCCCCCCCCC(=O)OCCCCCCCCCCCCCCCCCCCO. The lowest BCUT2D eigenvalue weighted by Gasteiger charge is -2.06. The van der Waals surface area contributed by atoms with E-state index >= 15 is 0 Å². The van der Waals surface area contributed by atoms with E-state index in [0.29, 0.717) is 19.6 Å². The van der Waals surface area contributed by atoms with Crippen molar-refractivity contribution in [3.63, 3.8) is 0 Å². The molecule has 0 saturated carbocycles. The summed E-state index contributed by atoms with van der Waals surface area (Å²) in [4.78, 5) is 12.0. The molecule has 0 unspecified atom stereocenters. The number of allylic oxidation sites excluding steroid dienone is 2. The third-order valence-corrected chi connectivity index (χ3v) is 8.71. The Morgan fingerprint density at radius 2 is 0.786 bits per heavy atom. The van der Waals surface area contributed by atoms with E-state index in [0.717, 1.165) is 19.3 Å². The molecule has 0 rings (SSSR count). The highest BCUT2D eigenvalue weighted by molar-refractivity contribution is 5.69. The fraction of sp³-hybridized carbons (Fsp3) is 0.923. The van der Waals surface area contributed by atoms with Gasteiger partial charge in [-0.25, -0.2) is 0 Å². The van der Waals surface area contributed by atoms with Crippen LogP contribution in [0.15, 0.2) is 12.2 Å². The van der Waals surface area contributed by atoms with Gasteiger partial charge in [-0.3, -0.25) is 4.79 Å². The molecule has 0 amide bonds. The molecule has 3 heteroatoms. The van der Waals surface area contributed by atoms with Crippen LogP contribution < -0.4 is 0 Å². The number of esters is 1. The maximum absolute atomic E-state index is 12.0. The first kappa shape index (κ1) is 41.2. The first-order valence-electron chi connectivity index (χ1n) is 19.2. The number of unbranched alkanes of at least 4 members (excludes halogenated alkanes) is 29. The largest absolute Gasteiger partial charge is 0.466 e. The van der Waals surface area contributed by atoms with Crippen molar-refractivity contribution < 1.29 is 14.6 Å². The molecule has 0 aliphatic rings. The van der Waals surface area contributed by atoms with Crippen molar-refractivity contribution in [1.29, 1.82) is 0 Å². The maximum Gasteiger partial charge on any atom is 0.305 e. The molecule has 3 nitrogen and oxygen atoms in total. The van der Waals surface area contributed by atoms with E-state index in [1.54, 1.807) is 0 Å². The molecule has 1 N–H and O–H groups in total. The van der Waals surface area contributed by atoms with Crippen molar-refractivity contribution in [2.75, 3.05) is 13.2 Å². The first-order chi connectivity index (χ1) is 20.8. The zero-order valence-electron chi connectivity index (χ0n) is 28.7. The minimum absolute atomic E-state index is 0.0167. The van der Waals surface area contributed by atoms with Crippen molar-refractivity contribution in [3.8, 4) is 0 Å². The third kappa shape index (κ3) is 37.2. The average Bonchev–Trinajstić information content (AvgIpc) is 3.00. The molecule has 0 saturated heterocycles. The maximum atomic E-state index is 12.0. The van der Waals surface area contributed by atoms with Gasteiger partial charge in [-0.2, -0.15) is 0 Å². The van der Waals surface area contributed by atoms with Gasteiger partial charge in [0.1, 0.15) is 0 Å². The average molecular weight is 593 g/mol. The molecule has 42 heavy (non-hydrogen) atoms. The highest BCUT2D eigenvalue weighted by atomic mass is 16.5. The lowest BCUT2D eigenvalue weighted by atomic mass is 10.0. The molecule has 0 aliphatic heterocycles. The van der Waals surface area contributed by atoms with Gasteiger partial charge in [0.15, 0.2) is 0 Å². The van der Waals surface area contributed by atoms with E-state index in [2.05, 4.69) is 19.1 Å². The van der Waals surface area contributed by atoms with Crippen LogP contribution in [0.5, 0.6) is 0 Å². The van der Waals surface area contributed by atoms with Crippen molar-refractivity contribution in [1.82, 2.24) is 0 Å². The molecule has 0 aromatic carbocycles. The molecule has 0 aromatic heterocycles. The molecule has 0 atom stereocenters.